The summed E-state index contributed by atoms with van der Waals surface area (Å²) in [6.45, 7) is 0.117. The van der Waals surface area contributed by atoms with Crippen molar-refractivity contribution < 1.29 is 23.1 Å². The molecule has 176 valence electrons. The van der Waals surface area contributed by atoms with E-state index in [0.717, 1.165) is 10.8 Å². The number of hydrogen-bond acceptors (Lipinski definition) is 5. The van der Waals surface area contributed by atoms with Crippen molar-refractivity contribution in [1.82, 2.24) is 9.62 Å². The van der Waals surface area contributed by atoms with E-state index >= 15 is 0 Å². The van der Waals surface area contributed by atoms with Crippen molar-refractivity contribution in [3.05, 3.63) is 77.9 Å². The molecular weight excluding hydrogens is 456 g/mol. The minimum absolute atomic E-state index is 0.0396. The van der Waals surface area contributed by atoms with E-state index in [2.05, 4.69) is 4.72 Å². The number of nitrogen functional groups attached to an aromatic ring is 1. The highest BCUT2D eigenvalue weighted by Gasteiger charge is 2.40. The van der Waals surface area contributed by atoms with Crippen LogP contribution in [0.25, 0.3) is 10.8 Å². The number of rotatable bonds is 8. The predicted molar refractivity (Wildman–Crippen MR) is 127 cm³/mol. The zero-order chi connectivity index (χ0) is 24.5. The number of carbonyl (C=O) groups excluding carboxylic acids is 1. The number of likely N-dealkylation sites (tertiary alicyclic amines) is 1. The fourth-order valence-electron chi connectivity index (χ4n) is 4.09. The molecule has 0 saturated carbocycles. The van der Waals surface area contributed by atoms with Gasteiger partial charge in [-0.15, -0.1) is 0 Å². The van der Waals surface area contributed by atoms with Crippen LogP contribution in [0.3, 0.4) is 0 Å². The quantitative estimate of drug-likeness (QED) is 0.284. The highest BCUT2D eigenvalue weighted by atomic mass is 32.2. The molecule has 4 rings (SSSR count). The number of aliphatic carboxylic acids is 1. The maximum atomic E-state index is 13.0. The molecule has 2 atom stereocenters. The number of hydrogen-bond donors (Lipinski definition) is 4. The SMILES string of the molecule is N=C(N)c1ccc(CC(C(=O)O)N2CCC(NS(=O)(=O)c3ccc4ccccc4c3)C2=O)cc1. The first kappa shape index (κ1) is 23.4. The van der Waals surface area contributed by atoms with E-state index in [9.17, 15) is 23.1 Å². The molecule has 1 saturated heterocycles. The number of carboxylic acid groups (broad SMARTS) is 1. The molecule has 0 radical (unpaired) electrons. The Bertz CT molecular complexity index is 1370. The molecule has 34 heavy (non-hydrogen) atoms. The van der Waals surface area contributed by atoms with Crippen LogP contribution in [0.2, 0.25) is 0 Å². The molecule has 1 fully saturated rings. The van der Waals surface area contributed by atoms with Crippen LogP contribution >= 0.6 is 0 Å². The molecule has 1 aliphatic rings. The number of amides is 1. The van der Waals surface area contributed by atoms with Gasteiger partial charge in [-0.3, -0.25) is 10.2 Å². The second-order valence-corrected chi connectivity index (χ2v) is 9.89. The first-order chi connectivity index (χ1) is 16.2. The zero-order valence-corrected chi connectivity index (χ0v) is 19.0. The first-order valence-corrected chi connectivity index (χ1v) is 12.1. The number of fused-ring (bicyclic) bond motifs is 1. The second-order valence-electron chi connectivity index (χ2n) is 8.17. The van der Waals surface area contributed by atoms with Gasteiger partial charge in [0.15, 0.2) is 0 Å². The molecule has 0 aliphatic carbocycles. The van der Waals surface area contributed by atoms with Crippen LogP contribution in [-0.4, -0.2) is 54.8 Å². The van der Waals surface area contributed by atoms with Gasteiger partial charge in [-0.25, -0.2) is 13.2 Å². The zero-order valence-electron chi connectivity index (χ0n) is 18.1. The topological polar surface area (TPSA) is 154 Å². The van der Waals surface area contributed by atoms with Gasteiger partial charge in [0.05, 0.1) is 4.90 Å². The number of nitrogens with one attached hydrogen (secondary N) is 2. The summed E-state index contributed by atoms with van der Waals surface area (Å²) in [5.41, 5.74) is 6.61. The van der Waals surface area contributed by atoms with Crippen molar-refractivity contribution in [3.8, 4) is 0 Å². The number of nitrogens with zero attached hydrogens (tertiary/aromatic N) is 1. The summed E-state index contributed by atoms with van der Waals surface area (Å²) in [6.07, 6.45) is 0.210. The number of sulfonamides is 1. The second kappa shape index (κ2) is 9.24. The van der Waals surface area contributed by atoms with Crippen molar-refractivity contribution in [2.45, 2.75) is 29.8 Å². The maximum Gasteiger partial charge on any atom is 0.326 e. The van der Waals surface area contributed by atoms with Crippen molar-refractivity contribution in [2.75, 3.05) is 6.54 Å². The van der Waals surface area contributed by atoms with Gasteiger partial charge in [-0.2, -0.15) is 4.72 Å². The highest BCUT2D eigenvalue weighted by molar-refractivity contribution is 7.89. The van der Waals surface area contributed by atoms with E-state index in [-0.39, 0.29) is 30.1 Å². The van der Waals surface area contributed by atoms with Crippen LogP contribution in [0.5, 0.6) is 0 Å². The normalized spacial score (nSPS) is 17.1. The van der Waals surface area contributed by atoms with Crippen LogP contribution in [0.4, 0.5) is 0 Å². The van der Waals surface area contributed by atoms with Gasteiger partial charge < -0.3 is 15.7 Å². The van der Waals surface area contributed by atoms with E-state index < -0.39 is 34.0 Å². The third-order valence-corrected chi connectivity index (χ3v) is 7.39. The fourth-order valence-corrected chi connectivity index (χ4v) is 5.34. The lowest BCUT2D eigenvalue weighted by molar-refractivity contribution is -0.148. The van der Waals surface area contributed by atoms with E-state index in [4.69, 9.17) is 11.1 Å². The Labute approximate surface area is 196 Å². The molecule has 1 amide bonds. The van der Waals surface area contributed by atoms with E-state index in [1.54, 1.807) is 42.5 Å². The Morgan fingerprint density at radius 2 is 1.79 bits per heavy atom. The van der Waals surface area contributed by atoms with Crippen LogP contribution < -0.4 is 10.5 Å². The minimum Gasteiger partial charge on any atom is -0.480 e. The standard InChI is InChI=1S/C24H24N4O5S/c25-22(26)17-7-5-15(6-8-17)13-21(24(30)31)28-12-11-20(23(28)29)27-34(32,33)19-10-9-16-3-1-2-4-18(16)14-19/h1-10,14,20-21,27H,11-13H2,(H3,25,26)(H,30,31). The first-order valence-electron chi connectivity index (χ1n) is 10.6. The number of carboxylic acids is 1. The smallest absolute Gasteiger partial charge is 0.326 e. The Balaban J connectivity index is 1.49. The lowest BCUT2D eigenvalue weighted by atomic mass is 10.0. The Morgan fingerprint density at radius 3 is 2.44 bits per heavy atom. The molecule has 9 nitrogen and oxygen atoms in total. The Hall–Kier alpha value is -3.76. The average molecular weight is 481 g/mol. The molecule has 3 aromatic carbocycles. The maximum absolute atomic E-state index is 13.0. The molecule has 5 N–H and O–H groups in total. The molecule has 0 spiro atoms. The molecule has 0 bridgehead atoms. The molecule has 3 aromatic rings. The highest BCUT2D eigenvalue weighted by Crippen LogP contribution is 2.23. The summed E-state index contributed by atoms with van der Waals surface area (Å²) in [7, 11) is -3.99. The van der Waals surface area contributed by atoms with E-state index in [1.165, 1.54) is 11.0 Å². The molecule has 1 heterocycles. The van der Waals surface area contributed by atoms with Crippen molar-refractivity contribution in [2.24, 2.45) is 5.73 Å². The van der Waals surface area contributed by atoms with Crippen molar-refractivity contribution in [3.63, 3.8) is 0 Å². The summed E-state index contributed by atoms with van der Waals surface area (Å²) in [5, 5.41) is 18.9. The number of carbonyl (C=O) groups is 2. The van der Waals surface area contributed by atoms with Gasteiger partial charge in [0.25, 0.3) is 0 Å². The molecule has 0 aromatic heterocycles. The summed E-state index contributed by atoms with van der Waals surface area (Å²) < 4.78 is 28.3. The van der Waals surface area contributed by atoms with Crippen LogP contribution in [0.1, 0.15) is 17.5 Å². The Morgan fingerprint density at radius 1 is 1.12 bits per heavy atom. The Kier molecular flexibility index (Phi) is 6.36. The molecular formula is C24H24N4O5S. The summed E-state index contributed by atoms with van der Waals surface area (Å²) in [4.78, 5) is 26.2. The van der Waals surface area contributed by atoms with Crippen molar-refractivity contribution in [1.29, 1.82) is 5.41 Å². The van der Waals surface area contributed by atoms with Crippen molar-refractivity contribution >= 4 is 38.5 Å². The summed E-state index contributed by atoms with van der Waals surface area (Å²) >= 11 is 0. The number of amidine groups is 1. The molecule has 1 aliphatic heterocycles. The molecule has 2 unspecified atom stereocenters. The van der Waals surface area contributed by atoms with Gasteiger partial charge in [-0.05, 0) is 34.9 Å². The van der Waals surface area contributed by atoms with Gasteiger partial charge >= 0.3 is 5.97 Å². The fraction of sp³-hybridized carbons (Fsp3) is 0.208. The number of nitrogens with two attached hydrogens (primary N) is 1. The third kappa shape index (κ3) is 4.78. The van der Waals surface area contributed by atoms with Crippen LogP contribution in [-0.2, 0) is 26.0 Å². The van der Waals surface area contributed by atoms with Gasteiger partial charge in [0.2, 0.25) is 15.9 Å². The van der Waals surface area contributed by atoms with E-state index in [0.29, 0.717) is 11.1 Å². The summed E-state index contributed by atoms with van der Waals surface area (Å²) in [5.74, 6) is -1.85. The predicted octanol–water partition coefficient (Wildman–Crippen LogP) is 1.70. The van der Waals surface area contributed by atoms with Gasteiger partial charge in [-0.1, -0.05) is 54.6 Å². The number of benzene rings is 3. The third-order valence-electron chi connectivity index (χ3n) is 5.92. The lowest BCUT2D eigenvalue weighted by Gasteiger charge is -2.25. The lowest BCUT2D eigenvalue weighted by Crippen LogP contribution is -2.48. The minimum atomic E-state index is -3.99. The van der Waals surface area contributed by atoms with Gasteiger partial charge in [0.1, 0.15) is 17.9 Å². The van der Waals surface area contributed by atoms with Crippen LogP contribution in [0.15, 0.2) is 71.6 Å². The average Bonchev–Trinajstić information content (AvgIpc) is 3.16. The van der Waals surface area contributed by atoms with Crippen LogP contribution in [0, 0.1) is 5.41 Å². The van der Waals surface area contributed by atoms with Gasteiger partial charge in [0, 0.05) is 18.5 Å². The largest absolute Gasteiger partial charge is 0.480 e. The monoisotopic (exact) mass is 480 g/mol. The van der Waals surface area contributed by atoms with E-state index in [1.807, 2.05) is 18.2 Å². The summed E-state index contributed by atoms with van der Waals surface area (Å²) in [6, 6.07) is 16.4. The molecule has 10 heteroatoms.